The molecule has 2 atom stereocenters. The van der Waals surface area contributed by atoms with E-state index in [2.05, 4.69) is 0 Å². The summed E-state index contributed by atoms with van der Waals surface area (Å²) >= 11 is 0. The van der Waals surface area contributed by atoms with Crippen molar-refractivity contribution < 1.29 is 28.5 Å². The van der Waals surface area contributed by atoms with Gasteiger partial charge in [0.25, 0.3) is 0 Å². The van der Waals surface area contributed by atoms with Crippen LogP contribution in [0.4, 0.5) is 9.59 Å². The molecule has 0 rings (SSSR count). The molecule has 6 nitrogen and oxygen atoms in total. The molecule has 0 radical (unpaired) electrons. The molecule has 0 aromatic heterocycles. The quantitative estimate of drug-likeness (QED) is 0.721. The summed E-state index contributed by atoms with van der Waals surface area (Å²) in [6.07, 6.45) is -2.82. The maximum Gasteiger partial charge on any atom is 0.509 e. The molecule has 0 aromatic carbocycles. The van der Waals surface area contributed by atoms with Crippen LogP contribution in [0.5, 0.6) is 0 Å². The highest BCUT2D eigenvalue weighted by molar-refractivity contribution is 5.61. The van der Waals surface area contributed by atoms with Crippen molar-refractivity contribution in [2.24, 2.45) is 5.92 Å². The van der Waals surface area contributed by atoms with Crippen molar-refractivity contribution in [3.8, 4) is 0 Å². The van der Waals surface area contributed by atoms with Crippen LogP contribution in [-0.2, 0) is 18.9 Å². The van der Waals surface area contributed by atoms with Gasteiger partial charge in [-0.2, -0.15) is 0 Å². The van der Waals surface area contributed by atoms with Gasteiger partial charge in [-0.15, -0.1) is 0 Å². The molecule has 0 saturated heterocycles. The van der Waals surface area contributed by atoms with E-state index in [1.807, 2.05) is 13.8 Å². The van der Waals surface area contributed by atoms with Crippen LogP contribution in [0.25, 0.3) is 0 Å². The molecule has 0 spiro atoms. The number of ether oxygens (including phenoxy) is 4. The zero-order valence-electron chi connectivity index (χ0n) is 13.4. The molecule has 0 aliphatic heterocycles. The van der Waals surface area contributed by atoms with Crippen LogP contribution in [-0.4, -0.2) is 36.7 Å². The van der Waals surface area contributed by atoms with Crippen molar-refractivity contribution in [1.29, 1.82) is 0 Å². The molecule has 0 aliphatic carbocycles. The third-order valence-electron chi connectivity index (χ3n) is 2.15. The van der Waals surface area contributed by atoms with E-state index in [0.717, 1.165) is 0 Å². The second-order valence-electron chi connectivity index (χ2n) is 6.07. The fourth-order valence-electron chi connectivity index (χ4n) is 1.04. The van der Waals surface area contributed by atoms with Gasteiger partial charge in [0.15, 0.2) is 0 Å². The van der Waals surface area contributed by atoms with Gasteiger partial charge < -0.3 is 18.9 Å². The van der Waals surface area contributed by atoms with E-state index in [1.54, 1.807) is 34.6 Å². The van der Waals surface area contributed by atoms with Gasteiger partial charge in [0.1, 0.15) is 17.8 Å². The normalized spacial score (nSPS) is 14.4. The van der Waals surface area contributed by atoms with Crippen molar-refractivity contribution in [2.75, 3.05) is 6.61 Å². The van der Waals surface area contributed by atoms with Crippen LogP contribution in [0.2, 0.25) is 0 Å². The largest absolute Gasteiger partial charge is 0.509 e. The van der Waals surface area contributed by atoms with Gasteiger partial charge in [-0.25, -0.2) is 9.59 Å². The topological polar surface area (TPSA) is 71.1 Å². The standard InChI is InChI=1S/C14H26O6/c1-9(2)8-17-12(15)18-10(3)11(4)19-13(16)20-14(5,6)7/h9-11H,8H2,1-7H3. The summed E-state index contributed by atoms with van der Waals surface area (Å²) in [6.45, 7) is 12.6. The third-order valence-corrected chi connectivity index (χ3v) is 2.15. The van der Waals surface area contributed by atoms with Gasteiger partial charge in [-0.1, -0.05) is 13.8 Å². The fourth-order valence-corrected chi connectivity index (χ4v) is 1.04. The molecule has 0 amide bonds. The van der Waals surface area contributed by atoms with Crippen molar-refractivity contribution in [1.82, 2.24) is 0 Å². The highest BCUT2D eigenvalue weighted by Gasteiger charge is 2.24. The average molecular weight is 290 g/mol. The third kappa shape index (κ3) is 9.47. The van der Waals surface area contributed by atoms with E-state index in [9.17, 15) is 9.59 Å². The zero-order chi connectivity index (χ0) is 15.9. The van der Waals surface area contributed by atoms with Gasteiger partial charge in [0, 0.05) is 0 Å². The number of hydrogen-bond donors (Lipinski definition) is 0. The van der Waals surface area contributed by atoms with E-state index in [0.29, 0.717) is 0 Å². The molecule has 0 saturated carbocycles. The molecular weight excluding hydrogens is 264 g/mol. The fraction of sp³-hybridized carbons (Fsp3) is 0.857. The minimum Gasteiger partial charge on any atom is -0.434 e. The lowest BCUT2D eigenvalue weighted by Crippen LogP contribution is -2.33. The molecule has 0 heterocycles. The van der Waals surface area contributed by atoms with Crippen LogP contribution in [0.3, 0.4) is 0 Å². The van der Waals surface area contributed by atoms with Crippen LogP contribution in [0.1, 0.15) is 48.5 Å². The van der Waals surface area contributed by atoms with E-state index in [1.165, 1.54) is 0 Å². The molecule has 0 aromatic rings. The van der Waals surface area contributed by atoms with Crippen LogP contribution >= 0.6 is 0 Å². The number of rotatable bonds is 5. The maximum absolute atomic E-state index is 11.5. The Bertz CT molecular complexity index is 318. The minimum absolute atomic E-state index is 0.230. The molecule has 118 valence electrons. The zero-order valence-corrected chi connectivity index (χ0v) is 13.4. The van der Waals surface area contributed by atoms with Gasteiger partial charge in [0.05, 0.1) is 6.61 Å². The van der Waals surface area contributed by atoms with Gasteiger partial charge >= 0.3 is 12.3 Å². The number of carbonyl (C=O) groups is 2. The lowest BCUT2D eigenvalue weighted by molar-refractivity contribution is -0.0637. The smallest absolute Gasteiger partial charge is 0.434 e. The van der Waals surface area contributed by atoms with Crippen LogP contribution < -0.4 is 0 Å². The van der Waals surface area contributed by atoms with Gasteiger partial charge in [0.2, 0.25) is 0 Å². The minimum atomic E-state index is -0.795. The van der Waals surface area contributed by atoms with E-state index in [4.69, 9.17) is 18.9 Å². The Balaban J connectivity index is 4.11. The van der Waals surface area contributed by atoms with Crippen molar-refractivity contribution in [2.45, 2.75) is 66.3 Å². The predicted molar refractivity (Wildman–Crippen MR) is 73.5 cm³/mol. The molecule has 6 heteroatoms. The summed E-state index contributed by atoms with van der Waals surface area (Å²) in [5, 5.41) is 0. The molecule has 2 unspecified atom stereocenters. The predicted octanol–water partition coefficient (Wildman–Crippen LogP) is 3.52. The molecule has 20 heavy (non-hydrogen) atoms. The average Bonchev–Trinajstić information content (AvgIpc) is 2.23. The van der Waals surface area contributed by atoms with Crippen molar-refractivity contribution in [3.05, 3.63) is 0 Å². The lowest BCUT2D eigenvalue weighted by atomic mass is 10.2. The first kappa shape index (κ1) is 18.5. The monoisotopic (exact) mass is 290 g/mol. The summed E-state index contributed by atoms with van der Waals surface area (Å²) in [7, 11) is 0. The van der Waals surface area contributed by atoms with E-state index in [-0.39, 0.29) is 12.5 Å². The second kappa shape index (κ2) is 7.97. The maximum atomic E-state index is 11.5. The van der Waals surface area contributed by atoms with E-state index < -0.39 is 30.1 Å². The van der Waals surface area contributed by atoms with Crippen molar-refractivity contribution >= 4 is 12.3 Å². The first-order chi connectivity index (χ1) is 9.01. The Morgan fingerprint density at radius 2 is 1.35 bits per heavy atom. The molecule has 0 aliphatic rings. The molecule has 0 bridgehead atoms. The summed E-state index contributed by atoms with van der Waals surface area (Å²) in [6, 6.07) is 0. The van der Waals surface area contributed by atoms with E-state index >= 15 is 0 Å². The Labute approximate surface area is 120 Å². The van der Waals surface area contributed by atoms with Crippen LogP contribution in [0, 0.1) is 5.92 Å². The first-order valence-corrected chi connectivity index (χ1v) is 6.74. The summed E-state index contributed by atoms with van der Waals surface area (Å²) in [5.41, 5.74) is -0.628. The molecular formula is C14H26O6. The molecule has 0 N–H and O–H groups in total. The summed E-state index contributed by atoms with van der Waals surface area (Å²) < 4.78 is 19.9. The van der Waals surface area contributed by atoms with Gasteiger partial charge in [-0.05, 0) is 40.5 Å². The highest BCUT2D eigenvalue weighted by atomic mass is 16.8. The number of carbonyl (C=O) groups excluding carboxylic acids is 2. The number of hydrogen-bond acceptors (Lipinski definition) is 6. The SMILES string of the molecule is CC(C)COC(=O)OC(C)C(C)OC(=O)OC(C)(C)C. The second-order valence-corrected chi connectivity index (χ2v) is 6.07. The Morgan fingerprint density at radius 3 is 1.75 bits per heavy atom. The van der Waals surface area contributed by atoms with Crippen LogP contribution in [0.15, 0.2) is 0 Å². The Kier molecular flexibility index (Phi) is 7.39. The molecule has 0 fully saturated rings. The van der Waals surface area contributed by atoms with Crippen molar-refractivity contribution in [3.63, 3.8) is 0 Å². The Hall–Kier alpha value is -1.46. The highest BCUT2D eigenvalue weighted by Crippen LogP contribution is 2.12. The first-order valence-electron chi connectivity index (χ1n) is 6.74. The summed E-state index contributed by atoms with van der Waals surface area (Å²) in [5.74, 6) is 0.230. The Morgan fingerprint density at radius 1 is 0.900 bits per heavy atom. The lowest BCUT2D eigenvalue weighted by Gasteiger charge is -2.23. The van der Waals surface area contributed by atoms with Gasteiger partial charge in [-0.3, -0.25) is 0 Å². The summed E-state index contributed by atoms with van der Waals surface area (Å²) in [4.78, 5) is 22.8.